The van der Waals surface area contributed by atoms with Crippen LogP contribution in [0.4, 0.5) is 4.39 Å². The molecule has 0 spiro atoms. The molecule has 4 aromatic rings. The number of rotatable bonds is 5. The Labute approximate surface area is 202 Å². The molecule has 0 aliphatic heterocycles. The molecule has 0 bridgehead atoms. The molecule has 0 fully saturated rings. The van der Waals surface area contributed by atoms with E-state index in [-0.39, 0.29) is 16.7 Å². The van der Waals surface area contributed by atoms with Crippen molar-refractivity contribution in [3.63, 3.8) is 0 Å². The summed E-state index contributed by atoms with van der Waals surface area (Å²) in [4.78, 5) is 16.4. The molecule has 0 aliphatic carbocycles. The van der Waals surface area contributed by atoms with Gasteiger partial charge in [-0.25, -0.2) is 9.18 Å². The second-order valence-electron chi connectivity index (χ2n) is 8.12. The highest BCUT2D eigenvalue weighted by atomic mass is 32.2. The van der Waals surface area contributed by atoms with Gasteiger partial charge in [0, 0.05) is 11.6 Å². The fourth-order valence-electron chi connectivity index (χ4n) is 3.34. The average molecular weight is 468 g/mol. The molecule has 2 nitrogen and oxygen atoms in total. The number of carbonyl (C=O) groups is 1. The molecule has 4 aromatic carbocycles. The summed E-state index contributed by atoms with van der Waals surface area (Å²) in [6.07, 6.45) is 0. The third-order valence-electron chi connectivity index (χ3n) is 4.96. The number of esters is 1. The quantitative estimate of drug-likeness (QED) is 0.181. The highest BCUT2D eigenvalue weighted by Gasteiger charge is 2.30. The van der Waals surface area contributed by atoms with Gasteiger partial charge in [0.2, 0.25) is 0 Å². The number of benzene rings is 4. The fourth-order valence-corrected chi connectivity index (χ4v) is 5.48. The van der Waals surface area contributed by atoms with Gasteiger partial charge < -0.3 is 4.74 Å². The van der Waals surface area contributed by atoms with Crippen molar-refractivity contribution in [2.45, 2.75) is 34.1 Å². The summed E-state index contributed by atoms with van der Waals surface area (Å²) in [5, 5.41) is 0. The minimum atomic E-state index is -1.01. The summed E-state index contributed by atoms with van der Waals surface area (Å²) in [5.41, 5.74) is 0.114. The van der Waals surface area contributed by atoms with E-state index in [9.17, 15) is 9.18 Å². The zero-order valence-electron chi connectivity index (χ0n) is 19.0. The van der Waals surface area contributed by atoms with Crippen LogP contribution in [-0.4, -0.2) is 11.6 Å². The van der Waals surface area contributed by atoms with Gasteiger partial charge in [0.25, 0.3) is 0 Å². The maximum absolute atomic E-state index is 13.1. The van der Waals surface area contributed by atoms with Gasteiger partial charge in [-0.2, -0.15) is 0 Å². The molecule has 0 radical (unpaired) electrons. The van der Waals surface area contributed by atoms with Crippen molar-refractivity contribution in [3.8, 4) is 11.8 Å². The Morgan fingerprint density at radius 1 is 0.765 bits per heavy atom. The third-order valence-corrected chi connectivity index (χ3v) is 7.18. The summed E-state index contributed by atoms with van der Waals surface area (Å²) in [5.74, 6) is 5.16. The molecule has 4 heteroatoms. The van der Waals surface area contributed by atoms with Crippen molar-refractivity contribution in [3.05, 3.63) is 126 Å². The van der Waals surface area contributed by atoms with E-state index >= 15 is 0 Å². The Hall–Kier alpha value is -3.81. The van der Waals surface area contributed by atoms with E-state index in [2.05, 4.69) is 36.1 Å². The summed E-state index contributed by atoms with van der Waals surface area (Å²) >= 11 is 0. The van der Waals surface area contributed by atoms with Crippen LogP contribution in [0.25, 0.3) is 0 Å². The van der Waals surface area contributed by atoms with Crippen molar-refractivity contribution in [1.29, 1.82) is 0 Å². The lowest BCUT2D eigenvalue weighted by atomic mass is 10.1. The van der Waals surface area contributed by atoms with Crippen LogP contribution in [0.3, 0.4) is 0 Å². The molecular weight excluding hydrogens is 443 g/mol. The fraction of sp³-hybridized carbons (Fsp3) is 0.100. The summed E-state index contributed by atoms with van der Waals surface area (Å²) in [7, 11) is -0.361. The molecule has 0 saturated carbocycles. The van der Waals surface area contributed by atoms with Crippen LogP contribution in [0.1, 0.15) is 29.8 Å². The monoisotopic (exact) mass is 467 g/mol. The van der Waals surface area contributed by atoms with E-state index in [1.54, 1.807) is 32.0 Å². The van der Waals surface area contributed by atoms with Crippen molar-refractivity contribution >= 4 is 16.9 Å². The maximum Gasteiger partial charge on any atom is 0.339 e. The molecule has 0 saturated heterocycles. The topological polar surface area (TPSA) is 26.3 Å². The van der Waals surface area contributed by atoms with Gasteiger partial charge in [0.1, 0.15) is 5.82 Å². The molecule has 0 aromatic heterocycles. The van der Waals surface area contributed by atoms with Gasteiger partial charge in [-0.15, -0.1) is 0 Å². The first-order valence-corrected chi connectivity index (χ1v) is 12.1. The van der Waals surface area contributed by atoms with Gasteiger partial charge in [-0.1, -0.05) is 54.3 Å². The van der Waals surface area contributed by atoms with E-state index in [4.69, 9.17) is 4.74 Å². The summed E-state index contributed by atoms with van der Waals surface area (Å²) in [6.45, 7) is 3.48. The maximum atomic E-state index is 13.1. The molecule has 0 heterocycles. The van der Waals surface area contributed by atoms with Crippen molar-refractivity contribution in [1.82, 2.24) is 0 Å². The van der Waals surface area contributed by atoms with Crippen LogP contribution in [0, 0.1) is 17.7 Å². The Bertz CT molecular complexity index is 1280. The van der Waals surface area contributed by atoms with Crippen molar-refractivity contribution in [2.24, 2.45) is 0 Å². The highest BCUT2D eigenvalue weighted by molar-refractivity contribution is 7.97. The van der Waals surface area contributed by atoms with E-state index in [1.165, 1.54) is 21.9 Å². The second-order valence-corrected chi connectivity index (χ2v) is 10.1. The van der Waals surface area contributed by atoms with E-state index in [0.29, 0.717) is 11.1 Å². The summed E-state index contributed by atoms with van der Waals surface area (Å²) in [6, 6.07) is 34.0. The average Bonchev–Trinajstić information content (AvgIpc) is 2.85. The SMILES string of the molecule is CC(C)(C#Cc1ccc(F)cc1)OC(=O)c1cccc([S+](c2ccccc2)c2ccccc2)c1. The Kier molecular flexibility index (Phi) is 7.15. The van der Waals surface area contributed by atoms with Gasteiger partial charge in [0.05, 0.1) is 16.5 Å². The molecule has 0 amide bonds. The Morgan fingerprint density at radius 2 is 1.32 bits per heavy atom. The second kappa shape index (κ2) is 10.4. The molecular formula is C30H24FO2S+. The van der Waals surface area contributed by atoms with E-state index in [1.807, 2.05) is 54.6 Å². The number of hydrogen-bond acceptors (Lipinski definition) is 2. The van der Waals surface area contributed by atoms with Gasteiger partial charge in [0.15, 0.2) is 20.3 Å². The first-order chi connectivity index (χ1) is 16.4. The Balaban J connectivity index is 1.60. The third kappa shape index (κ3) is 5.95. The first kappa shape index (κ1) is 23.4. The molecule has 0 aliphatic rings. The minimum absolute atomic E-state index is 0.318. The molecule has 34 heavy (non-hydrogen) atoms. The lowest BCUT2D eigenvalue weighted by Crippen LogP contribution is -2.26. The zero-order valence-corrected chi connectivity index (χ0v) is 19.8. The van der Waals surface area contributed by atoms with Gasteiger partial charge in [-0.05, 0) is 74.5 Å². The number of carbonyl (C=O) groups excluding carboxylic acids is 1. The molecule has 0 unspecified atom stereocenters. The van der Waals surface area contributed by atoms with Crippen LogP contribution < -0.4 is 0 Å². The van der Waals surface area contributed by atoms with Gasteiger partial charge >= 0.3 is 5.97 Å². The van der Waals surface area contributed by atoms with Crippen LogP contribution in [0.5, 0.6) is 0 Å². The molecule has 4 rings (SSSR count). The lowest BCUT2D eigenvalue weighted by molar-refractivity contribution is 0.0204. The first-order valence-electron chi connectivity index (χ1n) is 10.9. The Morgan fingerprint density at radius 3 is 1.91 bits per heavy atom. The normalized spacial score (nSPS) is 10.9. The van der Waals surface area contributed by atoms with Crippen LogP contribution >= 0.6 is 0 Å². The number of hydrogen-bond donors (Lipinski definition) is 0. The number of ether oxygens (including phenoxy) is 1. The minimum Gasteiger partial charge on any atom is -0.443 e. The summed E-state index contributed by atoms with van der Waals surface area (Å²) < 4.78 is 18.8. The van der Waals surface area contributed by atoms with Crippen LogP contribution in [-0.2, 0) is 15.6 Å². The smallest absolute Gasteiger partial charge is 0.339 e. The van der Waals surface area contributed by atoms with Crippen molar-refractivity contribution < 1.29 is 13.9 Å². The molecule has 0 N–H and O–H groups in total. The lowest BCUT2D eigenvalue weighted by Gasteiger charge is -2.19. The number of halogens is 1. The molecule has 0 atom stereocenters. The zero-order chi connectivity index (χ0) is 24.0. The van der Waals surface area contributed by atoms with E-state index in [0.717, 1.165) is 4.90 Å². The predicted molar refractivity (Wildman–Crippen MR) is 134 cm³/mol. The standard InChI is InChI=1S/C30H24FO2S/c1-30(2,21-20-23-16-18-25(31)19-17-23)33-29(32)24-10-9-15-28(22-24)34(26-11-5-3-6-12-26)27-13-7-4-8-14-27/h3-19,22H,1-2H3/q+1. The van der Waals surface area contributed by atoms with E-state index < -0.39 is 11.6 Å². The predicted octanol–water partition coefficient (Wildman–Crippen LogP) is 6.91. The van der Waals surface area contributed by atoms with Crippen molar-refractivity contribution in [2.75, 3.05) is 0 Å². The van der Waals surface area contributed by atoms with Gasteiger partial charge in [-0.3, -0.25) is 0 Å². The van der Waals surface area contributed by atoms with Crippen LogP contribution in [0.2, 0.25) is 0 Å². The van der Waals surface area contributed by atoms with Crippen LogP contribution in [0.15, 0.2) is 124 Å². The molecule has 168 valence electrons. The highest BCUT2D eigenvalue weighted by Crippen LogP contribution is 2.31. The largest absolute Gasteiger partial charge is 0.443 e.